The predicted molar refractivity (Wildman–Crippen MR) is 51.7 cm³/mol. The van der Waals surface area contributed by atoms with Crippen molar-refractivity contribution in [2.75, 3.05) is 0 Å². The molecule has 0 aliphatic carbocycles. The Bertz CT molecular complexity index is 454. The average molecular weight is 263 g/mol. The fourth-order valence-electron chi connectivity index (χ4n) is 1.31. The van der Waals surface area contributed by atoms with Crippen molar-refractivity contribution in [3.05, 3.63) is 35.4 Å². The van der Waals surface area contributed by atoms with Gasteiger partial charge in [0.1, 0.15) is 12.0 Å². The summed E-state index contributed by atoms with van der Waals surface area (Å²) in [5, 5.41) is 0.100. The van der Waals surface area contributed by atoms with Crippen molar-refractivity contribution in [1.82, 2.24) is 5.06 Å². The summed E-state index contributed by atoms with van der Waals surface area (Å²) in [6.45, 7) is 0. The first kappa shape index (κ1) is 11.9. The molecule has 0 N–H and O–H groups in total. The number of nitrogens with zero attached hydrogens (tertiary/aromatic N) is 1. The summed E-state index contributed by atoms with van der Waals surface area (Å²) in [6.07, 6.45) is 0. The Morgan fingerprint density at radius 2 is 1.53 bits per heavy atom. The molecule has 1 aliphatic rings. The van der Waals surface area contributed by atoms with E-state index in [0.717, 1.165) is 0 Å². The van der Waals surface area contributed by atoms with Crippen LogP contribution in [0.25, 0.3) is 0 Å². The van der Waals surface area contributed by atoms with E-state index in [9.17, 15) is 22.8 Å². The SMILES string of the molecule is O=C1c2ccccc2C(=O)N1OSC(F)(F)F. The maximum atomic E-state index is 11.9. The molecular formula is C9H4F3NO3S. The number of hydrogen-bond acceptors (Lipinski definition) is 4. The third-order valence-corrected chi connectivity index (χ3v) is 2.38. The van der Waals surface area contributed by atoms with Gasteiger partial charge < -0.3 is 0 Å². The normalized spacial score (nSPS) is 15.4. The quantitative estimate of drug-likeness (QED) is 0.607. The molecule has 2 rings (SSSR count). The van der Waals surface area contributed by atoms with Crippen LogP contribution in [0.2, 0.25) is 0 Å². The van der Waals surface area contributed by atoms with Gasteiger partial charge in [-0.15, -0.1) is 5.06 Å². The number of benzene rings is 1. The highest BCUT2D eigenvalue weighted by Gasteiger charge is 2.40. The minimum absolute atomic E-state index is 0.0280. The Morgan fingerprint density at radius 1 is 1.06 bits per heavy atom. The third-order valence-electron chi connectivity index (χ3n) is 1.96. The third kappa shape index (κ3) is 2.27. The van der Waals surface area contributed by atoms with Crippen LogP contribution < -0.4 is 0 Å². The molecule has 17 heavy (non-hydrogen) atoms. The topological polar surface area (TPSA) is 46.6 Å². The van der Waals surface area contributed by atoms with E-state index < -0.39 is 29.4 Å². The van der Waals surface area contributed by atoms with E-state index in [1.807, 2.05) is 0 Å². The first-order chi connectivity index (χ1) is 7.90. The van der Waals surface area contributed by atoms with Crippen LogP contribution in [-0.4, -0.2) is 22.4 Å². The van der Waals surface area contributed by atoms with E-state index in [1.54, 1.807) is 0 Å². The number of hydrogen-bond donors (Lipinski definition) is 0. The summed E-state index contributed by atoms with van der Waals surface area (Å²) < 4.78 is 39.7. The molecule has 8 heteroatoms. The lowest BCUT2D eigenvalue weighted by atomic mass is 10.1. The summed E-state index contributed by atoms with van der Waals surface area (Å²) in [5.41, 5.74) is -4.63. The largest absolute Gasteiger partial charge is 0.470 e. The molecule has 4 nitrogen and oxygen atoms in total. The van der Waals surface area contributed by atoms with Crippen LogP contribution >= 0.6 is 12.0 Å². The Kier molecular flexibility index (Phi) is 2.84. The lowest BCUT2D eigenvalue weighted by Crippen LogP contribution is -2.28. The highest BCUT2D eigenvalue weighted by Crippen LogP contribution is 2.34. The first-order valence-electron chi connectivity index (χ1n) is 4.30. The van der Waals surface area contributed by atoms with E-state index in [-0.39, 0.29) is 16.2 Å². The average Bonchev–Trinajstić information content (AvgIpc) is 2.49. The van der Waals surface area contributed by atoms with Crippen molar-refractivity contribution >= 4 is 23.9 Å². The van der Waals surface area contributed by atoms with Crippen LogP contribution in [-0.2, 0) is 4.28 Å². The molecule has 0 fully saturated rings. The Balaban J connectivity index is 2.19. The molecule has 0 aromatic heterocycles. The van der Waals surface area contributed by atoms with Gasteiger partial charge >= 0.3 is 5.51 Å². The van der Waals surface area contributed by atoms with Crippen molar-refractivity contribution in [3.63, 3.8) is 0 Å². The first-order valence-corrected chi connectivity index (χ1v) is 5.04. The molecule has 1 aromatic rings. The molecule has 1 heterocycles. The van der Waals surface area contributed by atoms with Crippen LogP contribution in [0.5, 0.6) is 0 Å². The molecule has 0 radical (unpaired) electrons. The van der Waals surface area contributed by atoms with Gasteiger partial charge in [-0.3, -0.25) is 9.59 Å². The Morgan fingerprint density at radius 3 is 1.94 bits per heavy atom. The number of alkyl halides is 3. The molecule has 0 saturated carbocycles. The number of fused-ring (bicyclic) bond motifs is 1. The zero-order valence-electron chi connectivity index (χ0n) is 8.02. The van der Waals surface area contributed by atoms with Crippen LogP contribution in [0.15, 0.2) is 24.3 Å². The van der Waals surface area contributed by atoms with Gasteiger partial charge in [0.15, 0.2) is 0 Å². The van der Waals surface area contributed by atoms with Crippen LogP contribution in [0.1, 0.15) is 20.7 Å². The number of halogens is 3. The molecule has 0 spiro atoms. The van der Waals surface area contributed by atoms with Gasteiger partial charge in [-0.05, 0) is 12.1 Å². The standard InChI is InChI=1S/C9H4F3NO3S/c10-9(11,12)17-16-13-7(14)5-3-1-2-4-6(5)8(13)15/h1-4H. The second kappa shape index (κ2) is 4.04. The molecule has 0 unspecified atom stereocenters. The maximum Gasteiger partial charge on any atom is 0.470 e. The van der Waals surface area contributed by atoms with E-state index >= 15 is 0 Å². The van der Waals surface area contributed by atoms with Gasteiger partial charge in [0.2, 0.25) is 0 Å². The Hall–Kier alpha value is -1.54. The summed E-state index contributed by atoms with van der Waals surface area (Å²) in [6, 6.07) is 5.70. The summed E-state index contributed by atoms with van der Waals surface area (Å²) >= 11 is -0.907. The van der Waals surface area contributed by atoms with Gasteiger partial charge in [-0.2, -0.15) is 17.5 Å². The number of carbonyl (C=O) groups is 2. The Labute approximate surface area is 97.5 Å². The molecule has 0 bridgehead atoms. The lowest BCUT2D eigenvalue weighted by molar-refractivity contribution is -0.0558. The van der Waals surface area contributed by atoms with Crippen molar-refractivity contribution in [1.29, 1.82) is 0 Å². The zero-order chi connectivity index (χ0) is 12.6. The maximum absolute atomic E-state index is 11.9. The van der Waals surface area contributed by atoms with E-state index in [2.05, 4.69) is 4.28 Å². The van der Waals surface area contributed by atoms with Gasteiger partial charge in [0.05, 0.1) is 11.1 Å². The smallest absolute Gasteiger partial charge is 0.266 e. The molecule has 0 atom stereocenters. The van der Waals surface area contributed by atoms with Gasteiger partial charge in [0, 0.05) is 0 Å². The van der Waals surface area contributed by atoms with Crippen molar-refractivity contribution in [3.8, 4) is 0 Å². The van der Waals surface area contributed by atoms with E-state index in [4.69, 9.17) is 0 Å². The van der Waals surface area contributed by atoms with Crippen molar-refractivity contribution in [2.24, 2.45) is 0 Å². The van der Waals surface area contributed by atoms with Crippen LogP contribution in [0.4, 0.5) is 13.2 Å². The second-order valence-corrected chi connectivity index (χ2v) is 3.83. The number of carbonyl (C=O) groups excluding carboxylic acids is 2. The van der Waals surface area contributed by atoms with Crippen LogP contribution in [0.3, 0.4) is 0 Å². The molecule has 2 amide bonds. The number of amides is 2. The number of hydroxylamine groups is 2. The molecule has 90 valence electrons. The second-order valence-electron chi connectivity index (χ2n) is 3.05. The molecular weight excluding hydrogens is 259 g/mol. The summed E-state index contributed by atoms with van der Waals surface area (Å²) in [4.78, 5) is 23.0. The fourth-order valence-corrected chi connectivity index (χ4v) is 1.61. The predicted octanol–water partition coefficient (Wildman–Crippen LogP) is 2.38. The zero-order valence-corrected chi connectivity index (χ0v) is 8.84. The minimum Gasteiger partial charge on any atom is -0.266 e. The fraction of sp³-hybridized carbons (Fsp3) is 0.111. The van der Waals surface area contributed by atoms with Gasteiger partial charge in [-0.1, -0.05) is 12.1 Å². The van der Waals surface area contributed by atoms with Crippen molar-refractivity contribution in [2.45, 2.75) is 5.51 Å². The highest BCUT2D eigenvalue weighted by atomic mass is 32.2. The highest BCUT2D eigenvalue weighted by molar-refractivity contribution is 7.95. The van der Waals surface area contributed by atoms with Crippen LogP contribution in [0, 0.1) is 0 Å². The monoisotopic (exact) mass is 263 g/mol. The molecule has 1 aromatic carbocycles. The van der Waals surface area contributed by atoms with E-state index in [0.29, 0.717) is 0 Å². The number of imide groups is 1. The summed E-state index contributed by atoms with van der Waals surface area (Å²) in [7, 11) is 0. The van der Waals surface area contributed by atoms with Gasteiger partial charge in [0.25, 0.3) is 11.8 Å². The minimum atomic E-state index is -4.69. The van der Waals surface area contributed by atoms with Crippen molar-refractivity contribution < 1.29 is 27.0 Å². The summed E-state index contributed by atoms with van der Waals surface area (Å²) in [5.74, 6) is -1.80. The number of rotatable bonds is 2. The van der Waals surface area contributed by atoms with Gasteiger partial charge in [-0.25, -0.2) is 0 Å². The van der Waals surface area contributed by atoms with E-state index in [1.165, 1.54) is 24.3 Å². The molecule has 1 aliphatic heterocycles. The lowest BCUT2D eigenvalue weighted by Gasteiger charge is -2.12. The molecule has 0 saturated heterocycles.